The van der Waals surface area contributed by atoms with Crippen molar-refractivity contribution in [1.82, 2.24) is 25.2 Å². The van der Waals surface area contributed by atoms with Crippen molar-refractivity contribution in [1.29, 1.82) is 0 Å². The van der Waals surface area contributed by atoms with Crippen LogP contribution in [0.2, 0.25) is 0 Å². The van der Waals surface area contributed by atoms with E-state index in [0.717, 1.165) is 36.9 Å². The predicted molar refractivity (Wildman–Crippen MR) is 158 cm³/mol. The summed E-state index contributed by atoms with van der Waals surface area (Å²) >= 11 is 4.17. The van der Waals surface area contributed by atoms with Crippen LogP contribution in [0.4, 0.5) is 11.4 Å². The zero-order valence-corrected chi connectivity index (χ0v) is 23.7. The Kier molecular flexibility index (Phi) is 8.54. The molecule has 0 saturated heterocycles. The van der Waals surface area contributed by atoms with E-state index in [1.54, 1.807) is 4.68 Å². The Hall–Kier alpha value is -3.74. The molecule has 5 aromatic rings. The van der Waals surface area contributed by atoms with Gasteiger partial charge < -0.3 is 10.6 Å². The lowest BCUT2D eigenvalue weighted by Gasteiger charge is -2.08. The number of nitrogens with zero attached hydrogens (tertiary/aromatic N) is 5. The van der Waals surface area contributed by atoms with Gasteiger partial charge in [0, 0.05) is 11.4 Å². The van der Waals surface area contributed by atoms with Crippen molar-refractivity contribution in [2.45, 2.75) is 29.9 Å². The van der Waals surface area contributed by atoms with Gasteiger partial charge in [0.2, 0.25) is 17.0 Å². The van der Waals surface area contributed by atoms with Crippen molar-refractivity contribution < 1.29 is 9.59 Å². The van der Waals surface area contributed by atoms with Crippen LogP contribution in [0.1, 0.15) is 16.7 Å². The van der Waals surface area contributed by atoms with Crippen LogP contribution in [0.25, 0.3) is 10.2 Å². The zero-order chi connectivity index (χ0) is 27.2. The smallest absolute Gasteiger partial charge is 0.234 e. The van der Waals surface area contributed by atoms with Crippen molar-refractivity contribution in [2.24, 2.45) is 0 Å². The van der Waals surface area contributed by atoms with Crippen molar-refractivity contribution >= 4 is 68.3 Å². The molecule has 0 aliphatic rings. The van der Waals surface area contributed by atoms with Gasteiger partial charge in [0.05, 0.1) is 28.3 Å². The SMILES string of the molecule is Cc1ccc(NC(=O)CSc2nc3ccc(NC(=O)CSc4nnnn4Cc4ccccc4)cc3s2)c(C)c1. The van der Waals surface area contributed by atoms with Crippen LogP contribution in [0.5, 0.6) is 0 Å². The van der Waals surface area contributed by atoms with Crippen LogP contribution in [0, 0.1) is 13.8 Å². The molecule has 0 unspecified atom stereocenters. The van der Waals surface area contributed by atoms with Crippen molar-refractivity contribution in [3.05, 3.63) is 83.4 Å². The maximum Gasteiger partial charge on any atom is 0.234 e. The minimum absolute atomic E-state index is 0.0773. The first-order chi connectivity index (χ1) is 18.9. The summed E-state index contributed by atoms with van der Waals surface area (Å²) in [7, 11) is 0. The Morgan fingerprint density at radius 3 is 2.54 bits per heavy atom. The van der Waals surface area contributed by atoms with E-state index >= 15 is 0 Å². The highest BCUT2D eigenvalue weighted by Gasteiger charge is 2.13. The van der Waals surface area contributed by atoms with Gasteiger partial charge in [-0.25, -0.2) is 9.67 Å². The molecule has 0 radical (unpaired) electrons. The third-order valence-corrected chi connectivity index (χ3v) is 8.76. The number of carbonyl (C=O) groups is 2. The number of anilines is 2. The third kappa shape index (κ3) is 7.22. The Balaban J connectivity index is 1.13. The molecule has 3 aromatic carbocycles. The van der Waals surface area contributed by atoms with E-state index < -0.39 is 0 Å². The molecule has 2 amide bonds. The topological polar surface area (TPSA) is 115 Å². The molecule has 0 fully saturated rings. The summed E-state index contributed by atoms with van der Waals surface area (Å²) in [5, 5.41) is 18.3. The molecule has 2 aromatic heterocycles. The normalized spacial score (nSPS) is 11.0. The van der Waals surface area contributed by atoms with Crippen LogP contribution >= 0.6 is 34.9 Å². The summed E-state index contributed by atoms with van der Waals surface area (Å²) in [5.74, 6) is 0.201. The summed E-state index contributed by atoms with van der Waals surface area (Å²) in [6, 6.07) is 21.4. The largest absolute Gasteiger partial charge is 0.325 e. The van der Waals surface area contributed by atoms with Crippen LogP contribution in [-0.4, -0.2) is 48.5 Å². The van der Waals surface area contributed by atoms with E-state index in [1.165, 1.54) is 34.9 Å². The van der Waals surface area contributed by atoms with Gasteiger partial charge in [-0.2, -0.15) is 0 Å². The van der Waals surface area contributed by atoms with Gasteiger partial charge in [0.1, 0.15) is 0 Å². The molecule has 12 heteroatoms. The minimum Gasteiger partial charge on any atom is -0.325 e. The van der Waals surface area contributed by atoms with Gasteiger partial charge in [-0.3, -0.25) is 9.59 Å². The maximum atomic E-state index is 12.6. The number of thioether (sulfide) groups is 2. The Morgan fingerprint density at radius 2 is 1.72 bits per heavy atom. The number of benzene rings is 3. The van der Waals surface area contributed by atoms with E-state index in [1.807, 2.05) is 80.6 Å². The molecule has 0 atom stereocenters. The first-order valence-electron chi connectivity index (χ1n) is 12.1. The molecule has 2 heterocycles. The van der Waals surface area contributed by atoms with Gasteiger partial charge in [-0.1, -0.05) is 71.6 Å². The molecular weight excluding hydrogens is 551 g/mol. The molecule has 0 bridgehead atoms. The highest BCUT2D eigenvalue weighted by Crippen LogP contribution is 2.31. The molecule has 0 aliphatic carbocycles. The van der Waals surface area contributed by atoms with E-state index in [4.69, 9.17) is 0 Å². The van der Waals surface area contributed by atoms with Crippen LogP contribution in [0.15, 0.2) is 76.2 Å². The fourth-order valence-corrected chi connectivity index (χ4v) is 6.38. The van der Waals surface area contributed by atoms with E-state index in [0.29, 0.717) is 17.4 Å². The molecule has 2 N–H and O–H groups in total. The number of thiazole rings is 1. The number of hydrogen-bond acceptors (Lipinski definition) is 9. The molecule has 5 rings (SSSR count). The average molecular weight is 576 g/mol. The number of nitrogens with one attached hydrogen (secondary N) is 2. The summed E-state index contributed by atoms with van der Waals surface area (Å²) in [6.45, 7) is 4.54. The zero-order valence-electron chi connectivity index (χ0n) is 21.2. The number of hydrogen-bond donors (Lipinski definition) is 2. The second-order valence-corrected chi connectivity index (χ2v) is 12.0. The van der Waals surface area contributed by atoms with E-state index in [2.05, 4.69) is 31.1 Å². The minimum atomic E-state index is -0.157. The first-order valence-corrected chi connectivity index (χ1v) is 14.8. The number of aromatic nitrogens is 5. The number of fused-ring (bicyclic) bond motifs is 1. The van der Waals surface area contributed by atoms with Crippen molar-refractivity contribution in [2.75, 3.05) is 22.1 Å². The number of rotatable bonds is 10. The molecule has 198 valence electrons. The van der Waals surface area contributed by atoms with Crippen LogP contribution in [-0.2, 0) is 16.1 Å². The van der Waals surface area contributed by atoms with Gasteiger partial charge in [0.25, 0.3) is 0 Å². The lowest BCUT2D eigenvalue weighted by Crippen LogP contribution is -2.14. The predicted octanol–water partition coefficient (Wildman–Crippen LogP) is 5.41. The second kappa shape index (κ2) is 12.4. The molecule has 0 spiro atoms. The lowest BCUT2D eigenvalue weighted by atomic mass is 10.1. The lowest BCUT2D eigenvalue weighted by molar-refractivity contribution is -0.114. The molecular formula is C27H25N7O2S3. The average Bonchev–Trinajstić information content (AvgIpc) is 3.54. The fraction of sp³-hybridized carbons (Fsp3) is 0.185. The highest BCUT2D eigenvalue weighted by atomic mass is 32.2. The maximum absolute atomic E-state index is 12.6. The Labute approximate surface area is 237 Å². The first kappa shape index (κ1) is 26.9. The van der Waals surface area contributed by atoms with Gasteiger partial charge >= 0.3 is 0 Å². The molecule has 0 aliphatic heterocycles. The number of aryl methyl sites for hydroxylation is 2. The third-order valence-electron chi connectivity index (χ3n) is 5.64. The van der Waals surface area contributed by atoms with Crippen molar-refractivity contribution in [3.63, 3.8) is 0 Å². The monoisotopic (exact) mass is 575 g/mol. The quantitative estimate of drug-likeness (QED) is 0.213. The van der Waals surface area contributed by atoms with E-state index in [-0.39, 0.29) is 23.3 Å². The van der Waals surface area contributed by atoms with E-state index in [9.17, 15) is 9.59 Å². The molecule has 9 nitrogen and oxygen atoms in total. The van der Waals surface area contributed by atoms with Crippen molar-refractivity contribution in [3.8, 4) is 0 Å². The highest BCUT2D eigenvalue weighted by molar-refractivity contribution is 8.01. The van der Waals surface area contributed by atoms with Gasteiger partial charge in [0.15, 0.2) is 4.34 Å². The summed E-state index contributed by atoms with van der Waals surface area (Å²) in [4.78, 5) is 29.7. The summed E-state index contributed by atoms with van der Waals surface area (Å²) in [5.41, 5.74) is 5.60. The van der Waals surface area contributed by atoms with Crippen LogP contribution < -0.4 is 10.6 Å². The standard InChI is InChI=1S/C27H25N7O2S3/c1-17-8-10-21(18(2)12-17)29-25(36)16-38-27-30-22-11-9-20(13-23(22)39-27)28-24(35)15-37-26-31-32-33-34(26)14-19-6-4-3-5-7-19/h3-13H,14-16H2,1-2H3,(H,28,35)(H,29,36). The fourth-order valence-electron chi connectivity index (χ4n) is 3.79. The molecule has 39 heavy (non-hydrogen) atoms. The number of amides is 2. The molecule has 0 saturated carbocycles. The number of carbonyl (C=O) groups excluding carboxylic acids is 2. The summed E-state index contributed by atoms with van der Waals surface area (Å²) < 4.78 is 3.41. The Morgan fingerprint density at radius 1 is 0.923 bits per heavy atom. The Bertz CT molecular complexity index is 1620. The summed E-state index contributed by atoms with van der Waals surface area (Å²) in [6.07, 6.45) is 0. The van der Waals surface area contributed by atoms with Crippen LogP contribution in [0.3, 0.4) is 0 Å². The van der Waals surface area contributed by atoms with Gasteiger partial charge in [-0.05, 0) is 59.7 Å². The number of tetrazole rings is 1. The van der Waals surface area contributed by atoms with Gasteiger partial charge in [-0.15, -0.1) is 16.4 Å². The second-order valence-electron chi connectivity index (χ2n) is 8.76.